The van der Waals surface area contributed by atoms with E-state index < -0.39 is 32.6 Å². The fourth-order valence-electron chi connectivity index (χ4n) is 6.41. The first-order valence-corrected chi connectivity index (χ1v) is 17.3. The number of carbonyl (C=O) groups is 1. The molecule has 3 aromatic carbocycles. The highest BCUT2D eigenvalue weighted by molar-refractivity contribution is 6.99. The number of hydrogen-bond acceptors (Lipinski definition) is 6. The van der Waals surface area contributed by atoms with Gasteiger partial charge in [-0.05, 0) is 35.7 Å². The van der Waals surface area contributed by atoms with Crippen LogP contribution in [-0.4, -0.2) is 50.9 Å². The molecule has 1 heterocycles. The Morgan fingerprint density at radius 2 is 1.40 bits per heavy atom. The molecule has 0 aliphatic carbocycles. The fraction of sp³-hybridized carbons (Fsp3) is 0.472. The summed E-state index contributed by atoms with van der Waals surface area (Å²) in [4.78, 5) is 12.2. The van der Waals surface area contributed by atoms with Crippen LogP contribution < -0.4 is 10.4 Å². The maximum Gasteiger partial charge on any atom is 0.311 e. The van der Waals surface area contributed by atoms with E-state index in [9.17, 15) is 9.90 Å². The van der Waals surface area contributed by atoms with Crippen molar-refractivity contribution in [3.63, 3.8) is 0 Å². The number of carbonyl (C=O) groups excluding carboxylic acids is 1. The summed E-state index contributed by atoms with van der Waals surface area (Å²) in [5.41, 5.74) is 0.917. The first kappa shape index (κ1) is 33.1. The average Bonchev–Trinajstić information content (AvgIpc) is 3.02. The second-order valence-corrected chi connectivity index (χ2v) is 17.2. The second-order valence-electron chi connectivity index (χ2n) is 12.9. The quantitative estimate of drug-likeness (QED) is 0.213. The van der Waals surface area contributed by atoms with Crippen molar-refractivity contribution in [1.82, 2.24) is 0 Å². The molecule has 1 saturated heterocycles. The van der Waals surface area contributed by atoms with Crippen LogP contribution in [0.25, 0.3) is 0 Å². The van der Waals surface area contributed by atoms with Gasteiger partial charge in [-0.2, -0.15) is 0 Å². The molecule has 4 rings (SSSR count). The molecule has 1 aliphatic heterocycles. The molecule has 0 spiro atoms. The van der Waals surface area contributed by atoms with Crippen LogP contribution in [0.15, 0.2) is 91.0 Å². The first-order chi connectivity index (χ1) is 20.5. The molecule has 0 saturated carbocycles. The Morgan fingerprint density at radius 3 is 1.88 bits per heavy atom. The zero-order valence-electron chi connectivity index (χ0n) is 26.6. The predicted octanol–water partition coefficient (Wildman–Crippen LogP) is 6.02. The van der Waals surface area contributed by atoms with E-state index in [-0.39, 0.29) is 29.3 Å². The van der Waals surface area contributed by atoms with Crippen molar-refractivity contribution in [2.45, 2.75) is 90.1 Å². The summed E-state index contributed by atoms with van der Waals surface area (Å²) in [6.07, 6.45) is -0.911. The van der Waals surface area contributed by atoms with E-state index in [1.165, 1.54) is 17.5 Å². The molecular weight excluding hydrogens is 556 g/mol. The van der Waals surface area contributed by atoms with Gasteiger partial charge in [0.1, 0.15) is 0 Å². The Kier molecular flexibility index (Phi) is 11.0. The molecule has 0 aromatic heterocycles. The zero-order chi connectivity index (χ0) is 31.2. The van der Waals surface area contributed by atoms with Crippen LogP contribution in [0.3, 0.4) is 0 Å². The molecule has 6 nitrogen and oxygen atoms in total. The van der Waals surface area contributed by atoms with Gasteiger partial charge in [0, 0.05) is 24.0 Å². The molecule has 7 heteroatoms. The Bertz CT molecular complexity index is 1240. The standard InChI is InChI=1S/C36H48O6Si/c1-25(42-43(36(4,5)6,30-19-13-9-14-20-30)31-21-15-10-16-22-31)23-29-24-32(26(2)33(37)27(3)34(38)39-7)41-35(40-29)28-17-11-8-12-18-28/h8-22,25-27,29,32-33,35,37H,23-24H2,1-7H3/t25-,26+,27+,29+,32+,33+,35+/m1/s1. The highest BCUT2D eigenvalue weighted by Gasteiger charge is 2.51. The van der Waals surface area contributed by atoms with Crippen LogP contribution in [0.4, 0.5) is 0 Å². The maximum atomic E-state index is 12.2. The lowest BCUT2D eigenvalue weighted by molar-refractivity contribution is -0.266. The molecule has 3 aromatic rings. The molecule has 232 valence electrons. The van der Waals surface area contributed by atoms with Gasteiger partial charge < -0.3 is 23.7 Å². The predicted molar refractivity (Wildman–Crippen MR) is 173 cm³/mol. The van der Waals surface area contributed by atoms with E-state index in [4.69, 9.17) is 18.6 Å². The molecule has 0 unspecified atom stereocenters. The number of ether oxygens (including phenoxy) is 3. The summed E-state index contributed by atoms with van der Waals surface area (Å²) in [6.45, 7) is 12.6. The largest absolute Gasteiger partial charge is 0.469 e. The lowest BCUT2D eigenvalue weighted by Crippen LogP contribution is -2.67. The van der Waals surface area contributed by atoms with E-state index in [0.717, 1.165) is 5.56 Å². The number of hydrogen-bond donors (Lipinski definition) is 1. The van der Waals surface area contributed by atoms with Crippen molar-refractivity contribution in [2.75, 3.05) is 7.11 Å². The van der Waals surface area contributed by atoms with Crippen LogP contribution in [0.2, 0.25) is 5.04 Å². The van der Waals surface area contributed by atoms with E-state index in [1.807, 2.05) is 37.3 Å². The number of aliphatic hydroxyl groups is 1. The van der Waals surface area contributed by atoms with E-state index in [0.29, 0.717) is 12.8 Å². The summed E-state index contributed by atoms with van der Waals surface area (Å²) < 4.78 is 25.3. The molecule has 1 N–H and O–H groups in total. The van der Waals surface area contributed by atoms with E-state index in [1.54, 1.807) is 6.92 Å². The molecule has 7 atom stereocenters. The molecule has 1 aliphatic rings. The number of rotatable bonds is 11. The molecule has 0 bridgehead atoms. The summed E-state index contributed by atoms with van der Waals surface area (Å²) in [5, 5.41) is 13.5. The lowest BCUT2D eigenvalue weighted by Gasteiger charge is -2.46. The molecule has 1 fully saturated rings. The van der Waals surface area contributed by atoms with E-state index >= 15 is 0 Å². The third-order valence-electron chi connectivity index (χ3n) is 8.78. The highest BCUT2D eigenvalue weighted by atomic mass is 28.4. The van der Waals surface area contributed by atoms with Gasteiger partial charge >= 0.3 is 5.97 Å². The lowest BCUT2D eigenvalue weighted by atomic mass is 9.85. The second kappa shape index (κ2) is 14.3. The molecule has 0 amide bonds. The minimum atomic E-state index is -2.74. The third-order valence-corrected chi connectivity index (χ3v) is 13.9. The van der Waals surface area contributed by atoms with Crippen molar-refractivity contribution < 1.29 is 28.5 Å². The highest BCUT2D eigenvalue weighted by Crippen LogP contribution is 2.40. The molecule has 0 radical (unpaired) electrons. The third kappa shape index (κ3) is 7.47. The van der Waals surface area contributed by atoms with Crippen molar-refractivity contribution in [1.29, 1.82) is 0 Å². The van der Waals surface area contributed by atoms with Crippen LogP contribution >= 0.6 is 0 Å². The Labute approximate surface area is 258 Å². The number of esters is 1. The van der Waals surface area contributed by atoms with Crippen LogP contribution in [0.5, 0.6) is 0 Å². The van der Waals surface area contributed by atoms with Gasteiger partial charge in [0.05, 0.1) is 31.3 Å². The van der Waals surface area contributed by atoms with Gasteiger partial charge in [-0.1, -0.05) is 119 Å². The SMILES string of the molecule is COC(=O)[C@@H](C)[C@@H](O)[C@@H](C)[C@@H]1C[C@H](C[C@@H](C)O[Si](c2ccccc2)(c2ccccc2)C(C)(C)C)O[C@H](c2ccccc2)O1. The van der Waals surface area contributed by atoms with Crippen LogP contribution in [0.1, 0.15) is 66.2 Å². The summed E-state index contributed by atoms with van der Waals surface area (Å²) in [7, 11) is -1.40. The Balaban J connectivity index is 1.63. The molecular formula is C36H48O6Si. The summed E-state index contributed by atoms with van der Waals surface area (Å²) >= 11 is 0. The van der Waals surface area contributed by atoms with Crippen molar-refractivity contribution in [3.05, 3.63) is 96.6 Å². The van der Waals surface area contributed by atoms with Gasteiger partial charge in [-0.25, -0.2) is 0 Å². The van der Waals surface area contributed by atoms with Crippen molar-refractivity contribution >= 4 is 24.7 Å². The number of methoxy groups -OCH3 is 1. The number of aliphatic hydroxyl groups excluding tert-OH is 1. The van der Waals surface area contributed by atoms with Gasteiger partial charge in [0.15, 0.2) is 6.29 Å². The fourth-order valence-corrected chi connectivity index (χ4v) is 11.1. The van der Waals surface area contributed by atoms with Gasteiger partial charge in [-0.3, -0.25) is 4.79 Å². The maximum absolute atomic E-state index is 12.2. The minimum Gasteiger partial charge on any atom is -0.469 e. The topological polar surface area (TPSA) is 74.2 Å². The van der Waals surface area contributed by atoms with Crippen molar-refractivity contribution in [3.8, 4) is 0 Å². The summed E-state index contributed by atoms with van der Waals surface area (Å²) in [6, 6.07) is 31.2. The smallest absolute Gasteiger partial charge is 0.311 e. The Morgan fingerprint density at radius 1 is 0.884 bits per heavy atom. The van der Waals surface area contributed by atoms with Gasteiger partial charge in [0.25, 0.3) is 8.32 Å². The summed E-state index contributed by atoms with van der Waals surface area (Å²) in [5.74, 6) is -1.42. The molecule has 43 heavy (non-hydrogen) atoms. The monoisotopic (exact) mass is 604 g/mol. The van der Waals surface area contributed by atoms with Crippen molar-refractivity contribution in [2.24, 2.45) is 11.8 Å². The average molecular weight is 605 g/mol. The Hall–Kier alpha value is -2.81. The van der Waals surface area contributed by atoms with Crippen LogP contribution in [-0.2, 0) is 23.4 Å². The van der Waals surface area contributed by atoms with Gasteiger partial charge in [-0.15, -0.1) is 0 Å². The minimum absolute atomic E-state index is 0.124. The number of benzene rings is 3. The first-order valence-electron chi connectivity index (χ1n) is 15.4. The van der Waals surface area contributed by atoms with Crippen LogP contribution in [0, 0.1) is 11.8 Å². The van der Waals surface area contributed by atoms with Gasteiger partial charge in [0.2, 0.25) is 0 Å². The normalized spacial score (nSPS) is 22.3. The zero-order valence-corrected chi connectivity index (χ0v) is 27.6. The van der Waals surface area contributed by atoms with E-state index in [2.05, 4.69) is 88.4 Å².